The lowest BCUT2D eigenvalue weighted by atomic mass is 9.84. The van der Waals surface area contributed by atoms with Gasteiger partial charge in [-0.25, -0.2) is 0 Å². The fourth-order valence-electron chi connectivity index (χ4n) is 4.69. The summed E-state index contributed by atoms with van der Waals surface area (Å²) in [5.41, 5.74) is 3.12. The van der Waals surface area contributed by atoms with Gasteiger partial charge in [0.2, 0.25) is 0 Å². The Morgan fingerprint density at radius 3 is 2.47 bits per heavy atom. The van der Waals surface area contributed by atoms with Crippen molar-refractivity contribution < 1.29 is 23.8 Å². The highest BCUT2D eigenvalue weighted by Gasteiger charge is 2.28. The molecule has 1 fully saturated rings. The molecule has 0 aromatic heterocycles. The number of likely N-dealkylation sites (tertiary alicyclic amines) is 1. The Kier molecular flexibility index (Phi) is 9.66. The monoisotopic (exact) mass is 467 g/mol. The van der Waals surface area contributed by atoms with Crippen LogP contribution in [0, 0.1) is 18.8 Å². The highest BCUT2D eigenvalue weighted by Crippen LogP contribution is 2.31. The number of carbonyl (C=O) groups excluding carboxylic acids is 2. The zero-order valence-corrected chi connectivity index (χ0v) is 20.8. The minimum Gasteiger partial charge on any atom is -0.493 e. The Morgan fingerprint density at radius 1 is 1.06 bits per heavy atom. The number of aryl methyl sites for hydroxylation is 1. The zero-order valence-electron chi connectivity index (χ0n) is 20.8. The predicted molar refractivity (Wildman–Crippen MR) is 132 cm³/mol. The van der Waals surface area contributed by atoms with Crippen molar-refractivity contribution in [3.05, 3.63) is 59.2 Å². The molecular formula is C28H37NO5. The third-order valence-electron chi connectivity index (χ3n) is 6.65. The quantitative estimate of drug-likeness (QED) is 0.247. The molecule has 0 bridgehead atoms. The number of nitrogens with zero attached hydrogens (tertiary/aromatic N) is 1. The summed E-state index contributed by atoms with van der Waals surface area (Å²) < 4.78 is 15.8. The van der Waals surface area contributed by atoms with Crippen LogP contribution in [0.5, 0.6) is 11.5 Å². The van der Waals surface area contributed by atoms with E-state index in [1.165, 1.54) is 32.3 Å². The SMILES string of the molecule is COCOc1ccc(C(=O)C(CCC2CCN(Cc3cccc(C)c3)CC2)C(C)=O)cc1OC. The molecule has 3 rings (SSSR count). The van der Waals surface area contributed by atoms with E-state index in [0.29, 0.717) is 29.4 Å². The molecule has 1 saturated heterocycles. The van der Waals surface area contributed by atoms with Gasteiger partial charge < -0.3 is 14.2 Å². The third-order valence-corrected chi connectivity index (χ3v) is 6.65. The second kappa shape index (κ2) is 12.7. The topological polar surface area (TPSA) is 65.1 Å². The van der Waals surface area contributed by atoms with E-state index in [4.69, 9.17) is 14.2 Å². The molecule has 2 aromatic carbocycles. The van der Waals surface area contributed by atoms with Gasteiger partial charge in [-0.05, 0) is 82.3 Å². The number of hydrogen-bond acceptors (Lipinski definition) is 6. The highest BCUT2D eigenvalue weighted by molar-refractivity contribution is 6.10. The number of Topliss-reactive ketones (excluding diaryl/α,β-unsaturated/α-hetero) is 2. The Balaban J connectivity index is 1.54. The van der Waals surface area contributed by atoms with Crippen molar-refractivity contribution in [1.82, 2.24) is 4.90 Å². The first-order chi connectivity index (χ1) is 16.4. The van der Waals surface area contributed by atoms with Crippen LogP contribution in [0.1, 0.15) is 54.1 Å². The summed E-state index contributed by atoms with van der Waals surface area (Å²) in [5.74, 6) is 0.633. The van der Waals surface area contributed by atoms with Gasteiger partial charge in [-0.1, -0.05) is 29.8 Å². The van der Waals surface area contributed by atoms with Gasteiger partial charge in [-0.3, -0.25) is 14.5 Å². The van der Waals surface area contributed by atoms with Gasteiger partial charge in [-0.15, -0.1) is 0 Å². The van der Waals surface area contributed by atoms with Gasteiger partial charge in [0.15, 0.2) is 24.1 Å². The van der Waals surface area contributed by atoms with E-state index in [9.17, 15) is 9.59 Å². The lowest BCUT2D eigenvalue weighted by molar-refractivity contribution is -0.119. The number of hydrogen-bond donors (Lipinski definition) is 0. The van der Waals surface area contributed by atoms with Crippen LogP contribution in [-0.2, 0) is 16.1 Å². The van der Waals surface area contributed by atoms with E-state index in [0.717, 1.165) is 38.9 Å². The van der Waals surface area contributed by atoms with Gasteiger partial charge in [0.25, 0.3) is 0 Å². The summed E-state index contributed by atoms with van der Waals surface area (Å²) in [6, 6.07) is 13.7. The second-order valence-corrected chi connectivity index (χ2v) is 9.23. The van der Waals surface area contributed by atoms with E-state index in [-0.39, 0.29) is 18.4 Å². The average molecular weight is 468 g/mol. The molecule has 1 atom stereocenters. The van der Waals surface area contributed by atoms with Crippen molar-refractivity contribution in [2.45, 2.75) is 46.1 Å². The molecule has 2 aromatic rings. The molecule has 0 N–H and O–H groups in total. The number of methoxy groups -OCH3 is 2. The van der Waals surface area contributed by atoms with E-state index in [2.05, 4.69) is 36.1 Å². The Hall–Kier alpha value is -2.70. The van der Waals surface area contributed by atoms with Crippen LogP contribution in [0.2, 0.25) is 0 Å². The summed E-state index contributed by atoms with van der Waals surface area (Å²) >= 11 is 0. The fourth-order valence-corrected chi connectivity index (χ4v) is 4.69. The largest absolute Gasteiger partial charge is 0.493 e. The number of ether oxygens (including phenoxy) is 3. The van der Waals surface area contributed by atoms with E-state index in [1.54, 1.807) is 18.2 Å². The molecule has 1 aliphatic heterocycles. The summed E-state index contributed by atoms with van der Waals surface area (Å²) in [5, 5.41) is 0. The molecule has 1 heterocycles. The van der Waals surface area contributed by atoms with Gasteiger partial charge in [0.05, 0.1) is 13.0 Å². The maximum absolute atomic E-state index is 13.2. The van der Waals surface area contributed by atoms with Crippen LogP contribution in [0.4, 0.5) is 0 Å². The van der Waals surface area contributed by atoms with E-state index >= 15 is 0 Å². The first kappa shape index (κ1) is 25.9. The van der Waals surface area contributed by atoms with Crippen LogP contribution < -0.4 is 9.47 Å². The Morgan fingerprint density at radius 2 is 1.82 bits per heavy atom. The highest BCUT2D eigenvalue weighted by atomic mass is 16.7. The number of carbonyl (C=O) groups is 2. The first-order valence-electron chi connectivity index (χ1n) is 12.0. The smallest absolute Gasteiger partial charge is 0.188 e. The summed E-state index contributed by atoms with van der Waals surface area (Å²) in [6.45, 7) is 6.82. The Labute approximate surface area is 203 Å². The first-order valence-corrected chi connectivity index (χ1v) is 12.0. The average Bonchev–Trinajstić information content (AvgIpc) is 2.83. The van der Waals surface area contributed by atoms with Crippen molar-refractivity contribution in [2.75, 3.05) is 34.1 Å². The molecule has 34 heavy (non-hydrogen) atoms. The molecule has 6 heteroatoms. The van der Waals surface area contributed by atoms with Crippen molar-refractivity contribution in [3.8, 4) is 11.5 Å². The van der Waals surface area contributed by atoms with Crippen molar-refractivity contribution >= 4 is 11.6 Å². The normalized spacial score (nSPS) is 15.6. The molecule has 0 spiro atoms. The van der Waals surface area contributed by atoms with Gasteiger partial charge >= 0.3 is 0 Å². The van der Waals surface area contributed by atoms with Crippen molar-refractivity contribution in [2.24, 2.45) is 11.8 Å². The maximum Gasteiger partial charge on any atom is 0.188 e. The number of ketones is 2. The van der Waals surface area contributed by atoms with Crippen LogP contribution >= 0.6 is 0 Å². The maximum atomic E-state index is 13.2. The number of rotatable bonds is 12. The molecule has 0 aliphatic carbocycles. The summed E-state index contributed by atoms with van der Waals surface area (Å²) in [7, 11) is 3.06. The standard InChI is InChI=1S/C28H37NO5/c1-20-6-5-7-23(16-20)18-29-14-12-22(13-15-29)8-10-25(21(2)30)28(31)24-9-11-26(34-19-32-3)27(17-24)33-4/h5-7,9,11,16-17,22,25H,8,10,12-15,18-19H2,1-4H3. The Bertz CT molecular complexity index is 965. The van der Waals surface area contributed by atoms with Gasteiger partial charge in [-0.2, -0.15) is 0 Å². The molecule has 184 valence electrons. The molecule has 1 unspecified atom stereocenters. The molecule has 1 aliphatic rings. The minimum absolute atomic E-state index is 0.0828. The summed E-state index contributed by atoms with van der Waals surface area (Å²) in [6.07, 6.45) is 3.68. The van der Waals surface area contributed by atoms with E-state index in [1.807, 2.05) is 0 Å². The zero-order chi connectivity index (χ0) is 24.5. The number of benzene rings is 2. The molecular weight excluding hydrogens is 430 g/mol. The van der Waals surface area contributed by atoms with Crippen LogP contribution in [-0.4, -0.2) is 50.6 Å². The van der Waals surface area contributed by atoms with Crippen molar-refractivity contribution in [1.29, 1.82) is 0 Å². The van der Waals surface area contributed by atoms with Crippen LogP contribution in [0.3, 0.4) is 0 Å². The minimum atomic E-state index is -0.624. The predicted octanol–water partition coefficient (Wildman–Crippen LogP) is 5.07. The molecule has 0 saturated carbocycles. The van der Waals surface area contributed by atoms with Gasteiger partial charge in [0, 0.05) is 19.2 Å². The third kappa shape index (κ3) is 7.15. The second-order valence-electron chi connectivity index (χ2n) is 9.23. The lowest BCUT2D eigenvalue weighted by Crippen LogP contribution is -2.33. The van der Waals surface area contributed by atoms with E-state index < -0.39 is 5.92 Å². The molecule has 0 radical (unpaired) electrons. The molecule has 6 nitrogen and oxygen atoms in total. The number of piperidine rings is 1. The molecule has 0 amide bonds. The van der Waals surface area contributed by atoms with Crippen LogP contribution in [0.25, 0.3) is 0 Å². The van der Waals surface area contributed by atoms with Crippen LogP contribution in [0.15, 0.2) is 42.5 Å². The van der Waals surface area contributed by atoms with Gasteiger partial charge in [0.1, 0.15) is 5.78 Å². The summed E-state index contributed by atoms with van der Waals surface area (Å²) in [4.78, 5) is 28.1. The van der Waals surface area contributed by atoms with Crippen molar-refractivity contribution in [3.63, 3.8) is 0 Å². The fraction of sp³-hybridized carbons (Fsp3) is 0.500. The lowest BCUT2D eigenvalue weighted by Gasteiger charge is -2.32.